The van der Waals surface area contributed by atoms with E-state index in [1.165, 1.54) is 10.7 Å². The van der Waals surface area contributed by atoms with E-state index in [0.29, 0.717) is 34.9 Å². The second-order valence-corrected chi connectivity index (χ2v) is 4.31. The first-order valence-electron chi connectivity index (χ1n) is 6.43. The van der Waals surface area contributed by atoms with Gasteiger partial charge in [-0.1, -0.05) is 6.07 Å². The van der Waals surface area contributed by atoms with Crippen LogP contribution in [-0.4, -0.2) is 32.2 Å². The van der Waals surface area contributed by atoms with Gasteiger partial charge in [0, 0.05) is 18.6 Å². The summed E-state index contributed by atoms with van der Waals surface area (Å²) in [5, 5.41) is 4.18. The minimum absolute atomic E-state index is 0.303. The largest absolute Gasteiger partial charge is 0.462 e. The fourth-order valence-electron chi connectivity index (χ4n) is 2.03. The van der Waals surface area contributed by atoms with Crippen LogP contribution in [0.4, 0.5) is 5.82 Å². The summed E-state index contributed by atoms with van der Waals surface area (Å²) in [6.45, 7) is 2.05. The quantitative estimate of drug-likeness (QED) is 0.733. The van der Waals surface area contributed by atoms with E-state index in [1.807, 2.05) is 18.2 Å². The van der Waals surface area contributed by atoms with Gasteiger partial charge < -0.3 is 10.5 Å². The number of pyridine rings is 1. The summed E-state index contributed by atoms with van der Waals surface area (Å²) in [7, 11) is 0. The fraction of sp³-hybridized carbons (Fsp3) is 0.143. The van der Waals surface area contributed by atoms with Crippen LogP contribution >= 0.6 is 0 Å². The van der Waals surface area contributed by atoms with Crippen molar-refractivity contribution in [1.29, 1.82) is 0 Å². The molecule has 0 spiro atoms. The number of carbonyl (C=O) groups excluding carboxylic acids is 1. The highest BCUT2D eigenvalue weighted by Crippen LogP contribution is 2.27. The van der Waals surface area contributed by atoms with Crippen molar-refractivity contribution in [2.24, 2.45) is 0 Å². The van der Waals surface area contributed by atoms with Gasteiger partial charge in [0.2, 0.25) is 0 Å². The zero-order valence-electron chi connectivity index (χ0n) is 11.4. The van der Waals surface area contributed by atoms with Crippen LogP contribution in [0.15, 0.2) is 36.8 Å². The molecule has 3 heterocycles. The predicted octanol–water partition coefficient (Wildman–Crippen LogP) is 1.55. The van der Waals surface area contributed by atoms with Crippen molar-refractivity contribution in [3.8, 4) is 11.3 Å². The molecule has 0 aliphatic carbocycles. The van der Waals surface area contributed by atoms with Crippen LogP contribution < -0.4 is 5.73 Å². The summed E-state index contributed by atoms with van der Waals surface area (Å²) >= 11 is 0. The van der Waals surface area contributed by atoms with Gasteiger partial charge >= 0.3 is 5.97 Å². The normalized spacial score (nSPS) is 10.7. The third kappa shape index (κ3) is 2.29. The summed E-state index contributed by atoms with van der Waals surface area (Å²) in [6, 6.07) is 5.50. The van der Waals surface area contributed by atoms with E-state index in [0.717, 1.165) is 0 Å². The summed E-state index contributed by atoms with van der Waals surface area (Å²) in [5.41, 5.74) is 8.13. The molecular formula is C14H13N5O2. The Bertz CT molecular complexity index is 798. The molecule has 0 saturated carbocycles. The first kappa shape index (κ1) is 13.0. The van der Waals surface area contributed by atoms with Crippen molar-refractivity contribution < 1.29 is 9.53 Å². The van der Waals surface area contributed by atoms with Crippen LogP contribution in [0.25, 0.3) is 16.9 Å². The van der Waals surface area contributed by atoms with Crippen LogP contribution in [0.1, 0.15) is 17.3 Å². The molecule has 7 heteroatoms. The number of fused-ring (bicyclic) bond motifs is 1. The zero-order valence-corrected chi connectivity index (χ0v) is 11.4. The minimum atomic E-state index is -0.444. The maximum absolute atomic E-state index is 11.7. The highest BCUT2D eigenvalue weighted by atomic mass is 16.5. The summed E-state index contributed by atoms with van der Waals surface area (Å²) in [4.78, 5) is 20.2. The second-order valence-electron chi connectivity index (χ2n) is 4.31. The van der Waals surface area contributed by atoms with Gasteiger partial charge in [0.05, 0.1) is 23.4 Å². The lowest BCUT2D eigenvalue weighted by Crippen LogP contribution is -2.07. The molecule has 0 fully saturated rings. The van der Waals surface area contributed by atoms with Crippen LogP contribution in [0.5, 0.6) is 0 Å². The van der Waals surface area contributed by atoms with E-state index in [4.69, 9.17) is 10.5 Å². The first-order valence-corrected chi connectivity index (χ1v) is 6.43. The third-order valence-electron chi connectivity index (χ3n) is 2.93. The number of nitrogen functional groups attached to an aromatic ring is 1. The lowest BCUT2D eigenvalue weighted by molar-refractivity contribution is 0.0525. The Morgan fingerprint density at radius 1 is 1.38 bits per heavy atom. The van der Waals surface area contributed by atoms with Gasteiger partial charge in [-0.2, -0.15) is 0 Å². The second kappa shape index (κ2) is 5.20. The first-order chi connectivity index (χ1) is 10.2. The van der Waals surface area contributed by atoms with Gasteiger partial charge in [-0.05, 0) is 19.1 Å². The van der Waals surface area contributed by atoms with E-state index in [2.05, 4.69) is 15.1 Å². The van der Waals surface area contributed by atoms with E-state index < -0.39 is 5.97 Å². The SMILES string of the molecule is CCOC(=O)c1cnc2c(-c3ccccn3)c(N)nn2c1. The molecule has 106 valence electrons. The Labute approximate surface area is 120 Å². The average Bonchev–Trinajstić information content (AvgIpc) is 2.83. The fourth-order valence-corrected chi connectivity index (χ4v) is 2.03. The number of nitrogens with two attached hydrogens (primary N) is 1. The number of rotatable bonds is 3. The number of hydrogen-bond acceptors (Lipinski definition) is 6. The van der Waals surface area contributed by atoms with E-state index in [1.54, 1.807) is 19.3 Å². The molecule has 0 aliphatic heterocycles. The molecule has 0 unspecified atom stereocenters. The smallest absolute Gasteiger partial charge is 0.341 e. The molecule has 3 rings (SSSR count). The zero-order chi connectivity index (χ0) is 14.8. The maximum atomic E-state index is 11.7. The van der Waals surface area contributed by atoms with Crippen LogP contribution in [-0.2, 0) is 4.74 Å². The molecule has 3 aromatic rings. The number of anilines is 1. The monoisotopic (exact) mass is 283 g/mol. The Hall–Kier alpha value is -2.96. The molecule has 2 N–H and O–H groups in total. The molecule has 0 saturated heterocycles. The lowest BCUT2D eigenvalue weighted by atomic mass is 10.2. The minimum Gasteiger partial charge on any atom is -0.462 e. The molecule has 0 amide bonds. The molecule has 21 heavy (non-hydrogen) atoms. The Morgan fingerprint density at radius 3 is 2.95 bits per heavy atom. The number of nitrogens with zero attached hydrogens (tertiary/aromatic N) is 4. The van der Waals surface area contributed by atoms with Gasteiger partial charge in [-0.15, -0.1) is 5.10 Å². The van der Waals surface area contributed by atoms with Crippen LogP contribution in [0.2, 0.25) is 0 Å². The van der Waals surface area contributed by atoms with Crippen molar-refractivity contribution in [1.82, 2.24) is 19.6 Å². The molecule has 7 nitrogen and oxygen atoms in total. The van der Waals surface area contributed by atoms with Gasteiger partial charge in [-0.3, -0.25) is 4.98 Å². The van der Waals surface area contributed by atoms with Gasteiger partial charge in [0.15, 0.2) is 11.5 Å². The predicted molar refractivity (Wildman–Crippen MR) is 76.6 cm³/mol. The number of hydrogen-bond donors (Lipinski definition) is 1. The Morgan fingerprint density at radius 2 is 2.24 bits per heavy atom. The highest BCUT2D eigenvalue weighted by molar-refractivity contribution is 5.90. The van der Waals surface area contributed by atoms with Crippen molar-refractivity contribution >= 4 is 17.4 Å². The third-order valence-corrected chi connectivity index (χ3v) is 2.93. The molecule has 0 aromatic carbocycles. The molecular weight excluding hydrogens is 270 g/mol. The standard InChI is InChI=1S/C14H13N5O2/c1-2-21-14(20)9-7-17-13-11(10-5-3-4-6-16-10)12(15)18-19(13)8-9/h3-8H,2H2,1H3,(H2,15,18). The van der Waals surface area contributed by atoms with E-state index in [9.17, 15) is 4.79 Å². The van der Waals surface area contributed by atoms with E-state index in [-0.39, 0.29) is 0 Å². The number of ether oxygens (including phenoxy) is 1. The number of carbonyl (C=O) groups is 1. The van der Waals surface area contributed by atoms with Gasteiger partial charge in [-0.25, -0.2) is 14.3 Å². The van der Waals surface area contributed by atoms with E-state index >= 15 is 0 Å². The summed E-state index contributed by atoms with van der Waals surface area (Å²) in [6.07, 6.45) is 4.66. The van der Waals surface area contributed by atoms with Crippen molar-refractivity contribution in [3.63, 3.8) is 0 Å². The van der Waals surface area contributed by atoms with Crippen molar-refractivity contribution in [2.45, 2.75) is 6.92 Å². The Kier molecular flexibility index (Phi) is 3.23. The molecule has 0 radical (unpaired) electrons. The maximum Gasteiger partial charge on any atom is 0.341 e. The van der Waals surface area contributed by atoms with Gasteiger partial charge in [0.1, 0.15) is 0 Å². The Balaban J connectivity index is 2.12. The van der Waals surface area contributed by atoms with Gasteiger partial charge in [0.25, 0.3) is 0 Å². The van der Waals surface area contributed by atoms with Crippen LogP contribution in [0.3, 0.4) is 0 Å². The van der Waals surface area contributed by atoms with Crippen molar-refractivity contribution in [2.75, 3.05) is 12.3 Å². The van der Waals surface area contributed by atoms with Crippen LogP contribution in [0, 0.1) is 0 Å². The molecule has 0 aliphatic rings. The molecule has 0 atom stereocenters. The lowest BCUT2D eigenvalue weighted by Gasteiger charge is -2.02. The van der Waals surface area contributed by atoms with Crippen molar-refractivity contribution in [3.05, 3.63) is 42.4 Å². The molecule has 3 aromatic heterocycles. The topological polar surface area (TPSA) is 95.4 Å². The summed E-state index contributed by atoms with van der Waals surface area (Å²) < 4.78 is 6.40. The molecule has 0 bridgehead atoms. The average molecular weight is 283 g/mol. The highest BCUT2D eigenvalue weighted by Gasteiger charge is 2.16. The summed E-state index contributed by atoms with van der Waals surface area (Å²) in [5.74, 6) is -0.137. The number of esters is 1. The number of aromatic nitrogens is 4.